The molecule has 0 radical (unpaired) electrons. The Balaban J connectivity index is 2.38. The van der Waals surface area contributed by atoms with Crippen LogP contribution in [0.15, 0.2) is 24.3 Å². The van der Waals surface area contributed by atoms with Crippen molar-refractivity contribution >= 4 is 5.91 Å². The zero-order chi connectivity index (χ0) is 16.0. The third-order valence-corrected chi connectivity index (χ3v) is 2.57. The van der Waals surface area contributed by atoms with Crippen molar-refractivity contribution in [2.75, 3.05) is 6.54 Å². The number of hydrogen-bond acceptors (Lipinski definition) is 3. The molecule has 0 aliphatic rings. The number of ether oxygens (including phenoxy) is 1. The molecule has 0 aliphatic heterocycles. The van der Waals surface area contributed by atoms with Crippen molar-refractivity contribution in [3.8, 4) is 5.75 Å². The van der Waals surface area contributed by atoms with Crippen LogP contribution < -0.4 is 10.1 Å². The number of aliphatic hydroxyl groups excluding tert-OH is 1. The molecule has 118 valence electrons. The first-order valence-corrected chi connectivity index (χ1v) is 6.15. The molecular weight excluding hydrogens is 294 g/mol. The van der Waals surface area contributed by atoms with E-state index in [1.165, 1.54) is 25.1 Å². The molecular formula is C13H15F4NO3. The maximum atomic E-state index is 12.9. The summed E-state index contributed by atoms with van der Waals surface area (Å²) in [7, 11) is 0. The second-order valence-corrected chi connectivity index (χ2v) is 4.35. The van der Waals surface area contributed by atoms with E-state index in [0.29, 0.717) is 0 Å². The zero-order valence-corrected chi connectivity index (χ0v) is 11.2. The van der Waals surface area contributed by atoms with Gasteiger partial charge in [0.25, 0.3) is 5.91 Å². The number of nitrogens with one attached hydrogen (secondary N) is 1. The molecule has 1 aromatic rings. The molecule has 0 saturated heterocycles. The van der Waals surface area contributed by atoms with Crippen molar-refractivity contribution in [3.05, 3.63) is 30.1 Å². The van der Waals surface area contributed by atoms with E-state index >= 15 is 0 Å². The topological polar surface area (TPSA) is 58.6 Å². The highest BCUT2D eigenvalue weighted by atomic mass is 19.4. The molecule has 8 heteroatoms. The molecule has 0 aromatic heterocycles. The Morgan fingerprint density at radius 3 is 2.67 bits per heavy atom. The van der Waals surface area contributed by atoms with Gasteiger partial charge in [0.2, 0.25) is 0 Å². The van der Waals surface area contributed by atoms with Crippen LogP contribution in [0.2, 0.25) is 0 Å². The van der Waals surface area contributed by atoms with E-state index in [1.54, 1.807) is 0 Å². The monoisotopic (exact) mass is 309 g/mol. The van der Waals surface area contributed by atoms with Crippen LogP contribution in [0.25, 0.3) is 0 Å². The van der Waals surface area contributed by atoms with Gasteiger partial charge in [0, 0.05) is 12.6 Å². The largest absolute Gasteiger partial charge is 0.481 e. The van der Waals surface area contributed by atoms with Gasteiger partial charge in [-0.1, -0.05) is 6.07 Å². The van der Waals surface area contributed by atoms with Gasteiger partial charge in [0.1, 0.15) is 11.6 Å². The van der Waals surface area contributed by atoms with Crippen molar-refractivity contribution < 1.29 is 32.2 Å². The summed E-state index contributed by atoms with van der Waals surface area (Å²) >= 11 is 0. The number of halogens is 4. The third kappa shape index (κ3) is 5.99. The van der Waals surface area contributed by atoms with Crippen LogP contribution >= 0.6 is 0 Å². The fourth-order valence-electron chi connectivity index (χ4n) is 1.44. The van der Waals surface area contributed by atoms with Gasteiger partial charge in [-0.3, -0.25) is 4.79 Å². The van der Waals surface area contributed by atoms with Gasteiger partial charge in [-0.25, -0.2) is 4.39 Å². The summed E-state index contributed by atoms with van der Waals surface area (Å²) in [6.07, 6.45) is -8.86. The van der Waals surface area contributed by atoms with Gasteiger partial charge < -0.3 is 15.2 Å². The van der Waals surface area contributed by atoms with Crippen LogP contribution in [0.5, 0.6) is 5.75 Å². The molecule has 0 saturated carbocycles. The molecule has 0 bridgehead atoms. The van der Waals surface area contributed by atoms with E-state index in [4.69, 9.17) is 9.84 Å². The smallest absolute Gasteiger partial charge is 0.414 e. The molecule has 1 amide bonds. The van der Waals surface area contributed by atoms with E-state index in [0.717, 1.165) is 6.07 Å². The summed E-state index contributed by atoms with van der Waals surface area (Å²) in [5.41, 5.74) is 0. The summed E-state index contributed by atoms with van der Waals surface area (Å²) in [5, 5.41) is 11.0. The van der Waals surface area contributed by atoms with Crippen LogP contribution in [0.1, 0.15) is 13.3 Å². The minimum Gasteiger partial charge on any atom is -0.481 e. The number of benzene rings is 1. The number of alkyl halides is 3. The third-order valence-electron chi connectivity index (χ3n) is 2.57. The summed E-state index contributed by atoms with van der Waals surface area (Å²) in [5.74, 6) is -1.06. The van der Waals surface area contributed by atoms with Crippen LogP contribution in [0.3, 0.4) is 0 Å². The van der Waals surface area contributed by atoms with Crippen LogP contribution in [0.4, 0.5) is 17.6 Å². The fraction of sp³-hybridized carbons (Fsp3) is 0.462. The Kier molecular flexibility index (Phi) is 5.95. The number of amides is 1. The summed E-state index contributed by atoms with van der Waals surface area (Å²) in [4.78, 5) is 11.6. The quantitative estimate of drug-likeness (QED) is 0.791. The van der Waals surface area contributed by atoms with Crippen LogP contribution in [-0.4, -0.2) is 35.9 Å². The minimum absolute atomic E-state index is 0.132. The van der Waals surface area contributed by atoms with Crippen molar-refractivity contribution in [1.82, 2.24) is 5.32 Å². The molecule has 2 N–H and O–H groups in total. The van der Waals surface area contributed by atoms with Crippen molar-refractivity contribution in [1.29, 1.82) is 0 Å². The van der Waals surface area contributed by atoms with E-state index in [1.807, 2.05) is 0 Å². The summed E-state index contributed by atoms with van der Waals surface area (Å²) in [6.45, 7) is 1.02. The molecule has 1 rings (SSSR count). The predicted molar refractivity (Wildman–Crippen MR) is 66.2 cm³/mol. The zero-order valence-electron chi connectivity index (χ0n) is 11.2. The van der Waals surface area contributed by atoms with E-state index in [9.17, 15) is 22.4 Å². The maximum absolute atomic E-state index is 12.9. The first-order chi connectivity index (χ1) is 9.70. The van der Waals surface area contributed by atoms with E-state index in [2.05, 4.69) is 5.32 Å². The highest BCUT2D eigenvalue weighted by Crippen LogP contribution is 2.21. The Hall–Kier alpha value is -1.83. The second kappa shape index (κ2) is 7.26. The molecule has 0 fully saturated rings. The maximum Gasteiger partial charge on any atom is 0.414 e. The molecule has 1 aromatic carbocycles. The van der Waals surface area contributed by atoms with Crippen LogP contribution in [0, 0.1) is 5.82 Å². The number of carbonyl (C=O) groups is 1. The Bertz CT molecular complexity index is 479. The molecule has 21 heavy (non-hydrogen) atoms. The highest BCUT2D eigenvalue weighted by molar-refractivity contribution is 5.80. The Morgan fingerprint density at radius 1 is 1.43 bits per heavy atom. The van der Waals surface area contributed by atoms with Crippen molar-refractivity contribution in [2.24, 2.45) is 0 Å². The summed E-state index contributed by atoms with van der Waals surface area (Å²) < 4.78 is 54.2. The molecule has 0 aliphatic carbocycles. The van der Waals surface area contributed by atoms with Gasteiger partial charge in [0.15, 0.2) is 12.2 Å². The minimum atomic E-state index is -4.71. The van der Waals surface area contributed by atoms with Crippen LogP contribution in [-0.2, 0) is 4.79 Å². The van der Waals surface area contributed by atoms with Gasteiger partial charge >= 0.3 is 6.18 Å². The summed E-state index contributed by atoms with van der Waals surface area (Å²) in [6, 6.07) is 5.13. The van der Waals surface area contributed by atoms with Gasteiger partial charge in [-0.15, -0.1) is 0 Å². The lowest BCUT2D eigenvalue weighted by Crippen LogP contribution is -2.39. The first kappa shape index (κ1) is 17.2. The second-order valence-electron chi connectivity index (χ2n) is 4.35. The first-order valence-electron chi connectivity index (χ1n) is 6.15. The number of hydrogen-bond donors (Lipinski definition) is 2. The SMILES string of the molecule is C[C@@H](Oc1cccc(F)c1)C(=O)NCC[C@H](O)C(F)(F)F. The predicted octanol–water partition coefficient (Wildman–Crippen LogP) is 2.02. The van der Waals surface area contributed by atoms with Crippen molar-refractivity contribution in [3.63, 3.8) is 0 Å². The number of aliphatic hydroxyl groups is 1. The molecule has 0 heterocycles. The van der Waals surface area contributed by atoms with Gasteiger partial charge in [0.05, 0.1) is 0 Å². The lowest BCUT2D eigenvalue weighted by atomic mass is 10.2. The average molecular weight is 309 g/mol. The molecule has 0 unspecified atom stereocenters. The lowest BCUT2D eigenvalue weighted by Gasteiger charge is -2.17. The molecule has 2 atom stereocenters. The number of carbonyl (C=O) groups excluding carboxylic acids is 1. The normalized spacial score (nSPS) is 14.4. The van der Waals surface area contributed by atoms with Gasteiger partial charge in [-0.05, 0) is 25.5 Å². The number of rotatable bonds is 6. The Morgan fingerprint density at radius 2 is 2.10 bits per heavy atom. The van der Waals surface area contributed by atoms with E-state index in [-0.39, 0.29) is 12.3 Å². The Labute approximate surface area is 118 Å². The van der Waals surface area contributed by atoms with E-state index < -0.39 is 36.5 Å². The highest BCUT2D eigenvalue weighted by Gasteiger charge is 2.37. The average Bonchev–Trinajstić information content (AvgIpc) is 2.37. The fourth-order valence-corrected chi connectivity index (χ4v) is 1.44. The van der Waals surface area contributed by atoms with Crippen molar-refractivity contribution in [2.45, 2.75) is 31.7 Å². The lowest BCUT2D eigenvalue weighted by molar-refractivity contribution is -0.205. The van der Waals surface area contributed by atoms with Gasteiger partial charge in [-0.2, -0.15) is 13.2 Å². The molecule has 0 spiro atoms. The standard InChI is InChI=1S/C13H15F4NO3/c1-8(21-10-4-2-3-9(14)7-10)12(20)18-6-5-11(19)13(15,16)17/h2-4,7-8,11,19H,5-6H2,1H3,(H,18,20)/t8-,11+/m1/s1. The molecule has 4 nitrogen and oxygen atoms in total.